The summed E-state index contributed by atoms with van der Waals surface area (Å²) in [6, 6.07) is 5.72. The van der Waals surface area contributed by atoms with Gasteiger partial charge >= 0.3 is 18.3 Å². The maximum Gasteiger partial charge on any atom is 0.416 e. The number of fused-ring (bicyclic) bond motifs is 1. The van der Waals surface area contributed by atoms with Crippen LogP contribution in [0.25, 0.3) is 6.08 Å². The molecule has 1 aliphatic rings. The van der Waals surface area contributed by atoms with Crippen LogP contribution in [0.3, 0.4) is 0 Å². The third-order valence-electron chi connectivity index (χ3n) is 6.22. The zero-order valence-electron chi connectivity index (χ0n) is 20.8. The summed E-state index contributed by atoms with van der Waals surface area (Å²) in [5.74, 6) is -1.13. The molecule has 0 atom stereocenters. The van der Waals surface area contributed by atoms with Crippen molar-refractivity contribution in [3.05, 3.63) is 69.8 Å². The fraction of sp³-hybridized carbons (Fsp3) is 0.393. The Hall–Kier alpha value is -3.63. The molecular weight excluding hydrogens is 530 g/mol. The number of aryl methyl sites for hydroxylation is 1. The third-order valence-corrected chi connectivity index (χ3v) is 6.22. The number of benzene rings is 2. The molecule has 11 heteroatoms. The van der Waals surface area contributed by atoms with Crippen molar-refractivity contribution >= 4 is 23.6 Å². The number of hydrogen-bond donors (Lipinski definition) is 1. The number of unbranched alkanes of at least 4 members (excludes halogenated alkanes) is 3. The number of allylic oxidation sites excluding steroid dienone is 1. The number of ketones is 2. The molecule has 1 N–H and O–H groups in total. The number of carbonyl (C=O) groups is 3. The van der Waals surface area contributed by atoms with Crippen LogP contribution in [0, 0.1) is 0 Å². The molecule has 0 fully saturated rings. The number of aliphatic carboxylic acids is 1. The van der Waals surface area contributed by atoms with Crippen LogP contribution < -0.4 is 4.74 Å². The minimum absolute atomic E-state index is 0.0365. The lowest BCUT2D eigenvalue weighted by molar-refractivity contribution is -0.143. The van der Waals surface area contributed by atoms with E-state index in [1.165, 1.54) is 12.1 Å². The van der Waals surface area contributed by atoms with Crippen molar-refractivity contribution in [2.45, 2.75) is 63.7 Å². The summed E-state index contributed by atoms with van der Waals surface area (Å²) in [4.78, 5) is 35.5. The van der Waals surface area contributed by atoms with Gasteiger partial charge in [-0.2, -0.15) is 26.3 Å². The van der Waals surface area contributed by atoms with Gasteiger partial charge < -0.3 is 9.84 Å². The molecule has 0 saturated carbocycles. The van der Waals surface area contributed by atoms with Crippen molar-refractivity contribution in [1.82, 2.24) is 0 Å². The summed E-state index contributed by atoms with van der Waals surface area (Å²) in [6.07, 6.45) is -5.51. The predicted molar refractivity (Wildman–Crippen MR) is 129 cm³/mol. The normalized spacial score (nSPS) is 14.8. The second kappa shape index (κ2) is 12.5. The van der Waals surface area contributed by atoms with Crippen LogP contribution in [-0.2, 0) is 28.4 Å². The van der Waals surface area contributed by atoms with Crippen molar-refractivity contribution in [2.75, 3.05) is 6.61 Å². The Labute approximate surface area is 220 Å². The first-order chi connectivity index (χ1) is 18.2. The minimum atomic E-state index is -4.99. The Balaban J connectivity index is 1.64. The zero-order valence-corrected chi connectivity index (χ0v) is 20.8. The Bertz CT molecular complexity index is 1230. The molecule has 0 bridgehead atoms. The highest BCUT2D eigenvalue weighted by Crippen LogP contribution is 2.37. The Morgan fingerprint density at radius 3 is 2.05 bits per heavy atom. The number of carboxylic acid groups (broad SMARTS) is 1. The lowest BCUT2D eigenvalue weighted by Gasteiger charge is -2.19. The molecule has 3 rings (SSSR count). The van der Waals surface area contributed by atoms with E-state index < -0.39 is 35.2 Å². The SMILES string of the molecule is O=C(O)CCCCCCC(=O)COc1ccc2c(c1)CC/C(=C\c1cc(C(F)(F)F)cc(C(F)(F)F)c1)C2=O. The van der Waals surface area contributed by atoms with Crippen LogP contribution in [0.5, 0.6) is 5.75 Å². The first-order valence-electron chi connectivity index (χ1n) is 12.3. The van der Waals surface area contributed by atoms with Gasteiger partial charge in [0.1, 0.15) is 12.4 Å². The van der Waals surface area contributed by atoms with Gasteiger partial charge in [-0.15, -0.1) is 0 Å². The topological polar surface area (TPSA) is 80.7 Å². The average Bonchev–Trinajstić information content (AvgIpc) is 2.85. The lowest BCUT2D eigenvalue weighted by atomic mass is 9.85. The molecule has 5 nitrogen and oxygen atoms in total. The van der Waals surface area contributed by atoms with Crippen molar-refractivity contribution < 1.29 is 50.6 Å². The van der Waals surface area contributed by atoms with Crippen LogP contribution in [0.4, 0.5) is 26.3 Å². The zero-order chi connectivity index (χ0) is 28.8. The number of carboxylic acids is 1. The maximum atomic E-state index is 13.2. The smallest absolute Gasteiger partial charge is 0.416 e. The fourth-order valence-corrected chi connectivity index (χ4v) is 4.23. The van der Waals surface area contributed by atoms with Crippen LogP contribution in [0.2, 0.25) is 0 Å². The molecule has 210 valence electrons. The van der Waals surface area contributed by atoms with E-state index in [2.05, 4.69) is 0 Å². The van der Waals surface area contributed by atoms with Crippen molar-refractivity contribution in [3.8, 4) is 5.75 Å². The van der Waals surface area contributed by atoms with Crippen molar-refractivity contribution in [2.24, 2.45) is 0 Å². The van der Waals surface area contributed by atoms with Gasteiger partial charge in [0.25, 0.3) is 0 Å². The Kier molecular flexibility index (Phi) is 9.58. The predicted octanol–water partition coefficient (Wildman–Crippen LogP) is 7.31. The molecule has 0 amide bonds. The van der Waals surface area contributed by atoms with Crippen LogP contribution in [0.1, 0.15) is 77.6 Å². The average molecular weight is 556 g/mol. The van der Waals surface area contributed by atoms with E-state index in [1.54, 1.807) is 6.07 Å². The van der Waals surface area contributed by atoms with E-state index in [9.17, 15) is 40.7 Å². The van der Waals surface area contributed by atoms with Crippen LogP contribution >= 0.6 is 0 Å². The monoisotopic (exact) mass is 556 g/mol. The van der Waals surface area contributed by atoms with Crippen molar-refractivity contribution in [1.29, 1.82) is 0 Å². The Morgan fingerprint density at radius 1 is 0.846 bits per heavy atom. The summed E-state index contributed by atoms with van der Waals surface area (Å²) in [6.45, 7) is -0.176. The summed E-state index contributed by atoms with van der Waals surface area (Å²) >= 11 is 0. The van der Waals surface area contributed by atoms with E-state index >= 15 is 0 Å². The van der Waals surface area contributed by atoms with Gasteiger partial charge in [-0.1, -0.05) is 12.8 Å². The van der Waals surface area contributed by atoms with Gasteiger partial charge in [0.15, 0.2) is 11.6 Å². The molecular formula is C28H26F6O5. The summed E-state index contributed by atoms with van der Waals surface area (Å²) in [5, 5.41) is 8.60. The number of Topliss-reactive ketones (excluding diaryl/α,β-unsaturated/α-hetero) is 2. The molecule has 0 spiro atoms. The minimum Gasteiger partial charge on any atom is -0.486 e. The molecule has 0 aromatic heterocycles. The molecule has 0 aliphatic heterocycles. The van der Waals surface area contributed by atoms with Crippen LogP contribution in [0.15, 0.2) is 42.0 Å². The van der Waals surface area contributed by atoms with E-state index in [0.29, 0.717) is 49.1 Å². The van der Waals surface area contributed by atoms with Gasteiger partial charge in [0.05, 0.1) is 11.1 Å². The first kappa shape index (κ1) is 29.9. The highest BCUT2D eigenvalue weighted by molar-refractivity contribution is 6.13. The van der Waals surface area contributed by atoms with Crippen molar-refractivity contribution in [3.63, 3.8) is 0 Å². The van der Waals surface area contributed by atoms with Crippen LogP contribution in [-0.4, -0.2) is 29.2 Å². The molecule has 2 aromatic carbocycles. The molecule has 0 unspecified atom stereocenters. The largest absolute Gasteiger partial charge is 0.486 e. The third kappa shape index (κ3) is 8.69. The maximum absolute atomic E-state index is 13.2. The van der Waals surface area contributed by atoms with Gasteiger partial charge in [-0.3, -0.25) is 14.4 Å². The number of rotatable bonds is 11. The molecule has 0 saturated heterocycles. The van der Waals surface area contributed by atoms with E-state index in [1.807, 2.05) is 0 Å². The lowest BCUT2D eigenvalue weighted by Crippen LogP contribution is -2.16. The number of hydrogen-bond acceptors (Lipinski definition) is 4. The van der Waals surface area contributed by atoms with E-state index in [4.69, 9.17) is 9.84 Å². The van der Waals surface area contributed by atoms with Gasteiger partial charge in [0.2, 0.25) is 0 Å². The summed E-state index contributed by atoms with van der Waals surface area (Å²) in [7, 11) is 0. The van der Waals surface area contributed by atoms with Gasteiger partial charge in [-0.05, 0) is 79.3 Å². The summed E-state index contributed by atoms with van der Waals surface area (Å²) in [5.41, 5.74) is -2.34. The van der Waals surface area contributed by atoms with E-state index in [-0.39, 0.29) is 54.4 Å². The molecule has 39 heavy (non-hydrogen) atoms. The number of ether oxygens (including phenoxy) is 1. The van der Waals surface area contributed by atoms with Gasteiger partial charge in [0, 0.05) is 24.0 Å². The van der Waals surface area contributed by atoms with Gasteiger partial charge in [-0.25, -0.2) is 0 Å². The fourth-order valence-electron chi connectivity index (χ4n) is 4.23. The van der Waals surface area contributed by atoms with E-state index in [0.717, 1.165) is 12.5 Å². The number of alkyl halides is 6. The highest BCUT2D eigenvalue weighted by atomic mass is 19.4. The molecule has 0 heterocycles. The first-order valence-corrected chi connectivity index (χ1v) is 12.3. The number of halogens is 6. The molecule has 2 aromatic rings. The second-order valence-corrected chi connectivity index (χ2v) is 9.29. The quantitative estimate of drug-likeness (QED) is 0.178. The number of carbonyl (C=O) groups excluding carboxylic acids is 2. The summed E-state index contributed by atoms with van der Waals surface area (Å²) < 4.78 is 84.5. The highest BCUT2D eigenvalue weighted by Gasteiger charge is 2.37. The molecule has 0 radical (unpaired) electrons. The standard InChI is InChI=1S/C28H26F6O5/c29-27(30,31)20-12-17(13-21(15-20)28(32,33)34)11-19-8-7-18-14-23(9-10-24(18)26(19)38)39-16-22(35)5-3-1-2-4-6-25(36)37/h9-15H,1-8,16H2,(H,36,37)/b19-11+. The second-order valence-electron chi connectivity index (χ2n) is 9.29. The Morgan fingerprint density at radius 2 is 1.46 bits per heavy atom. The molecule has 1 aliphatic carbocycles.